The molecular weight excluding hydrogens is 215 g/mol. The van der Waals surface area contributed by atoms with Gasteiger partial charge in [-0.1, -0.05) is 19.4 Å². The Morgan fingerprint density at radius 1 is 1.24 bits per heavy atom. The van der Waals surface area contributed by atoms with Gasteiger partial charge in [-0.25, -0.2) is 4.39 Å². The fraction of sp³-hybridized carbons (Fsp3) is 0.429. The maximum atomic E-state index is 13.5. The van der Waals surface area contributed by atoms with E-state index < -0.39 is 0 Å². The van der Waals surface area contributed by atoms with E-state index in [1.807, 2.05) is 18.3 Å². The van der Waals surface area contributed by atoms with Crippen molar-refractivity contribution in [1.29, 1.82) is 0 Å². The molecule has 92 valence electrons. The first-order valence-electron chi connectivity index (χ1n) is 6.27. The molecule has 0 aliphatic heterocycles. The summed E-state index contributed by atoms with van der Waals surface area (Å²) in [5.74, 6) is -0.139. The summed E-state index contributed by atoms with van der Waals surface area (Å²) in [5, 5.41) is 4.10. The van der Waals surface area contributed by atoms with Crippen LogP contribution in [0.4, 0.5) is 4.39 Å². The Balaban J connectivity index is 1.97. The molecule has 0 spiro atoms. The zero-order chi connectivity index (χ0) is 12.1. The molecule has 2 nitrogen and oxygen atoms in total. The molecular formula is C14H19FN2. The van der Waals surface area contributed by atoms with Gasteiger partial charge in [0, 0.05) is 24.7 Å². The van der Waals surface area contributed by atoms with Crippen molar-refractivity contribution in [3.63, 3.8) is 0 Å². The maximum absolute atomic E-state index is 13.5. The third-order valence-electron chi connectivity index (χ3n) is 3.00. The van der Waals surface area contributed by atoms with Crippen LogP contribution in [0.25, 0.3) is 10.9 Å². The number of rotatable bonds is 6. The average Bonchev–Trinajstić information content (AvgIpc) is 2.74. The number of nitrogens with one attached hydrogen (secondary N) is 1. The lowest BCUT2D eigenvalue weighted by molar-refractivity contribution is 0.588. The maximum Gasteiger partial charge on any atom is 0.132 e. The molecule has 2 rings (SSSR count). The first kappa shape index (κ1) is 12.1. The van der Waals surface area contributed by atoms with Gasteiger partial charge in [0.2, 0.25) is 0 Å². The number of aromatic nitrogens is 1. The summed E-state index contributed by atoms with van der Waals surface area (Å²) in [6, 6.07) is 7.08. The lowest BCUT2D eigenvalue weighted by Gasteiger charge is -2.06. The van der Waals surface area contributed by atoms with Crippen LogP contribution in [0.5, 0.6) is 0 Å². The molecule has 1 aromatic carbocycles. The van der Waals surface area contributed by atoms with E-state index in [0.29, 0.717) is 5.39 Å². The minimum absolute atomic E-state index is 0.139. The highest BCUT2D eigenvalue weighted by Crippen LogP contribution is 2.18. The zero-order valence-electron chi connectivity index (χ0n) is 10.2. The molecule has 3 heteroatoms. The van der Waals surface area contributed by atoms with Crippen LogP contribution in [-0.2, 0) is 6.54 Å². The molecule has 0 aliphatic rings. The summed E-state index contributed by atoms with van der Waals surface area (Å²) in [5.41, 5.74) is 0.974. The van der Waals surface area contributed by atoms with E-state index in [-0.39, 0.29) is 5.82 Å². The quantitative estimate of drug-likeness (QED) is 0.760. The standard InChI is InChI=1S/C14H19FN2/c1-2-3-8-16-9-11-17-10-7-12-13(15)5-4-6-14(12)17/h4-7,10,16H,2-3,8-9,11H2,1H3. The topological polar surface area (TPSA) is 17.0 Å². The Labute approximate surface area is 101 Å². The molecule has 0 unspecified atom stereocenters. The monoisotopic (exact) mass is 234 g/mol. The molecule has 0 amide bonds. The van der Waals surface area contributed by atoms with Gasteiger partial charge in [-0.2, -0.15) is 0 Å². The highest BCUT2D eigenvalue weighted by atomic mass is 19.1. The molecule has 17 heavy (non-hydrogen) atoms. The average molecular weight is 234 g/mol. The highest BCUT2D eigenvalue weighted by Gasteiger charge is 2.04. The van der Waals surface area contributed by atoms with Gasteiger partial charge >= 0.3 is 0 Å². The van der Waals surface area contributed by atoms with Crippen molar-refractivity contribution in [2.24, 2.45) is 0 Å². The first-order chi connectivity index (χ1) is 8.33. The van der Waals surface area contributed by atoms with Crippen molar-refractivity contribution in [2.75, 3.05) is 13.1 Å². The molecule has 0 bridgehead atoms. The Bertz CT molecular complexity index is 476. The minimum atomic E-state index is -0.139. The molecule has 0 saturated carbocycles. The van der Waals surface area contributed by atoms with E-state index in [1.54, 1.807) is 6.07 Å². The van der Waals surface area contributed by atoms with Gasteiger partial charge in [0.1, 0.15) is 5.82 Å². The Morgan fingerprint density at radius 3 is 2.94 bits per heavy atom. The van der Waals surface area contributed by atoms with Crippen LogP contribution in [0, 0.1) is 5.82 Å². The van der Waals surface area contributed by atoms with E-state index in [4.69, 9.17) is 0 Å². The van der Waals surface area contributed by atoms with Gasteiger partial charge < -0.3 is 9.88 Å². The molecule has 1 N–H and O–H groups in total. The van der Waals surface area contributed by atoms with Crippen LogP contribution in [0.2, 0.25) is 0 Å². The second kappa shape index (κ2) is 5.82. The van der Waals surface area contributed by atoms with Gasteiger partial charge in [0.25, 0.3) is 0 Å². The Morgan fingerprint density at radius 2 is 2.12 bits per heavy atom. The summed E-state index contributed by atoms with van der Waals surface area (Å²) in [4.78, 5) is 0. The van der Waals surface area contributed by atoms with E-state index in [1.165, 1.54) is 18.9 Å². The van der Waals surface area contributed by atoms with Crippen molar-refractivity contribution >= 4 is 10.9 Å². The van der Waals surface area contributed by atoms with Gasteiger partial charge in [-0.15, -0.1) is 0 Å². The number of nitrogens with zero attached hydrogens (tertiary/aromatic N) is 1. The van der Waals surface area contributed by atoms with Crippen LogP contribution in [-0.4, -0.2) is 17.7 Å². The van der Waals surface area contributed by atoms with E-state index in [0.717, 1.165) is 25.2 Å². The minimum Gasteiger partial charge on any atom is -0.346 e. The third kappa shape index (κ3) is 2.86. The van der Waals surface area contributed by atoms with Crippen LogP contribution in [0.1, 0.15) is 19.8 Å². The number of halogens is 1. The molecule has 1 heterocycles. The smallest absolute Gasteiger partial charge is 0.132 e. The van der Waals surface area contributed by atoms with Crippen molar-refractivity contribution in [3.05, 3.63) is 36.3 Å². The molecule has 0 saturated heterocycles. The van der Waals surface area contributed by atoms with Gasteiger partial charge in [0.05, 0.1) is 5.52 Å². The van der Waals surface area contributed by atoms with E-state index >= 15 is 0 Å². The fourth-order valence-electron chi connectivity index (χ4n) is 2.01. The third-order valence-corrected chi connectivity index (χ3v) is 3.00. The molecule has 0 radical (unpaired) electrons. The van der Waals surface area contributed by atoms with Crippen molar-refractivity contribution < 1.29 is 4.39 Å². The number of fused-ring (bicyclic) bond motifs is 1. The number of hydrogen-bond acceptors (Lipinski definition) is 1. The number of benzene rings is 1. The lowest BCUT2D eigenvalue weighted by Crippen LogP contribution is -2.20. The van der Waals surface area contributed by atoms with E-state index in [9.17, 15) is 4.39 Å². The Kier molecular flexibility index (Phi) is 4.15. The largest absolute Gasteiger partial charge is 0.346 e. The van der Waals surface area contributed by atoms with Crippen molar-refractivity contribution in [1.82, 2.24) is 9.88 Å². The normalized spacial score (nSPS) is 11.2. The second-order valence-corrected chi connectivity index (χ2v) is 4.29. The Hall–Kier alpha value is -1.35. The zero-order valence-corrected chi connectivity index (χ0v) is 10.2. The summed E-state index contributed by atoms with van der Waals surface area (Å²) in [6.07, 6.45) is 4.38. The number of unbranched alkanes of at least 4 members (excludes halogenated alkanes) is 1. The lowest BCUT2D eigenvalue weighted by atomic mass is 10.2. The van der Waals surface area contributed by atoms with Crippen LogP contribution in [0.3, 0.4) is 0 Å². The van der Waals surface area contributed by atoms with Crippen LogP contribution in [0.15, 0.2) is 30.5 Å². The summed E-state index contributed by atoms with van der Waals surface area (Å²) in [7, 11) is 0. The summed E-state index contributed by atoms with van der Waals surface area (Å²) in [6.45, 7) is 5.06. The fourth-order valence-corrected chi connectivity index (χ4v) is 2.01. The first-order valence-corrected chi connectivity index (χ1v) is 6.27. The SMILES string of the molecule is CCCCNCCn1ccc2c(F)cccc21. The van der Waals surface area contributed by atoms with Gasteiger partial charge in [-0.05, 0) is 31.2 Å². The molecule has 0 fully saturated rings. The van der Waals surface area contributed by atoms with Crippen LogP contribution >= 0.6 is 0 Å². The highest BCUT2D eigenvalue weighted by molar-refractivity contribution is 5.80. The van der Waals surface area contributed by atoms with Crippen molar-refractivity contribution in [2.45, 2.75) is 26.3 Å². The second-order valence-electron chi connectivity index (χ2n) is 4.29. The summed E-state index contributed by atoms with van der Waals surface area (Å²) >= 11 is 0. The predicted molar refractivity (Wildman–Crippen MR) is 69.7 cm³/mol. The number of hydrogen-bond donors (Lipinski definition) is 1. The summed E-state index contributed by atoms with van der Waals surface area (Å²) < 4.78 is 15.6. The van der Waals surface area contributed by atoms with E-state index in [2.05, 4.69) is 16.8 Å². The predicted octanol–water partition coefficient (Wildman–Crippen LogP) is 3.17. The van der Waals surface area contributed by atoms with Gasteiger partial charge in [-0.3, -0.25) is 0 Å². The van der Waals surface area contributed by atoms with Gasteiger partial charge in [0.15, 0.2) is 0 Å². The molecule has 0 aliphatic carbocycles. The van der Waals surface area contributed by atoms with Crippen molar-refractivity contribution in [3.8, 4) is 0 Å². The molecule has 0 atom stereocenters. The van der Waals surface area contributed by atoms with Crippen LogP contribution < -0.4 is 5.32 Å². The molecule has 1 aromatic heterocycles. The molecule has 2 aromatic rings.